The third kappa shape index (κ3) is 4.97. The first kappa shape index (κ1) is 14.3. The number of halogens is 1. The highest BCUT2D eigenvalue weighted by Crippen LogP contribution is 2.21. The van der Waals surface area contributed by atoms with Gasteiger partial charge in [0, 0.05) is 17.6 Å². The lowest BCUT2D eigenvalue weighted by atomic mass is 10.2. The normalized spacial score (nSPS) is 10.9. The van der Waals surface area contributed by atoms with E-state index in [1.807, 2.05) is 25.1 Å². The van der Waals surface area contributed by atoms with Crippen LogP contribution in [0.3, 0.4) is 0 Å². The molecule has 0 saturated carbocycles. The van der Waals surface area contributed by atoms with Crippen molar-refractivity contribution in [1.82, 2.24) is 5.32 Å². The molecular weight excluding hydrogens is 234 g/mol. The molecule has 0 amide bonds. The van der Waals surface area contributed by atoms with Crippen LogP contribution in [0.25, 0.3) is 0 Å². The fourth-order valence-electron chi connectivity index (χ4n) is 1.78. The fourth-order valence-corrected chi connectivity index (χ4v) is 2.00. The molecule has 3 heteroatoms. The van der Waals surface area contributed by atoms with Crippen molar-refractivity contribution in [2.45, 2.75) is 39.7 Å². The van der Waals surface area contributed by atoms with Crippen molar-refractivity contribution in [3.63, 3.8) is 0 Å². The Kier molecular flexibility index (Phi) is 6.38. The summed E-state index contributed by atoms with van der Waals surface area (Å²) in [4.78, 5) is 0. The average Bonchev–Trinajstić information content (AvgIpc) is 2.32. The zero-order chi connectivity index (χ0) is 12.7. The Bertz CT molecular complexity index is 337. The van der Waals surface area contributed by atoms with Crippen LogP contribution in [-0.4, -0.2) is 19.2 Å². The van der Waals surface area contributed by atoms with Crippen LogP contribution in [0.5, 0.6) is 5.75 Å². The second-order valence-electron chi connectivity index (χ2n) is 4.23. The molecule has 1 N–H and O–H groups in total. The molecule has 2 nitrogen and oxygen atoms in total. The first-order valence-electron chi connectivity index (χ1n) is 6.29. The SMILES string of the molecule is CCC(CC)NCCOc1ccc(Cl)cc1C. The summed E-state index contributed by atoms with van der Waals surface area (Å²) in [6.45, 7) is 7.99. The van der Waals surface area contributed by atoms with Gasteiger partial charge in [0.15, 0.2) is 0 Å². The zero-order valence-electron chi connectivity index (χ0n) is 10.9. The monoisotopic (exact) mass is 255 g/mol. The molecule has 1 rings (SSSR count). The third-order valence-corrected chi connectivity index (χ3v) is 3.15. The van der Waals surface area contributed by atoms with Crippen molar-refractivity contribution in [2.24, 2.45) is 0 Å². The predicted molar refractivity (Wildman–Crippen MR) is 74.1 cm³/mol. The lowest BCUT2D eigenvalue weighted by molar-refractivity contribution is 0.300. The number of benzene rings is 1. The molecule has 0 bridgehead atoms. The largest absolute Gasteiger partial charge is 0.492 e. The van der Waals surface area contributed by atoms with E-state index in [9.17, 15) is 0 Å². The molecule has 0 fully saturated rings. The molecule has 96 valence electrons. The molecule has 1 aromatic rings. The molecule has 0 atom stereocenters. The Balaban J connectivity index is 2.31. The summed E-state index contributed by atoms with van der Waals surface area (Å²) >= 11 is 5.89. The maximum absolute atomic E-state index is 5.89. The van der Waals surface area contributed by atoms with Gasteiger partial charge in [-0.25, -0.2) is 0 Å². The van der Waals surface area contributed by atoms with Crippen molar-refractivity contribution in [2.75, 3.05) is 13.2 Å². The van der Waals surface area contributed by atoms with E-state index >= 15 is 0 Å². The van der Waals surface area contributed by atoms with Crippen molar-refractivity contribution in [3.05, 3.63) is 28.8 Å². The van der Waals surface area contributed by atoms with Crippen LogP contribution < -0.4 is 10.1 Å². The molecule has 0 aromatic heterocycles. The minimum Gasteiger partial charge on any atom is -0.492 e. The van der Waals surface area contributed by atoms with Crippen molar-refractivity contribution in [1.29, 1.82) is 0 Å². The summed E-state index contributed by atoms with van der Waals surface area (Å²) in [6.07, 6.45) is 2.33. The van der Waals surface area contributed by atoms with Gasteiger partial charge in [-0.2, -0.15) is 0 Å². The lowest BCUT2D eigenvalue weighted by Crippen LogP contribution is -2.31. The van der Waals surface area contributed by atoms with Crippen molar-refractivity contribution in [3.8, 4) is 5.75 Å². The summed E-state index contributed by atoms with van der Waals surface area (Å²) in [5.74, 6) is 0.917. The summed E-state index contributed by atoms with van der Waals surface area (Å²) < 4.78 is 5.71. The maximum Gasteiger partial charge on any atom is 0.122 e. The molecule has 0 aliphatic heterocycles. The van der Waals surface area contributed by atoms with Gasteiger partial charge in [0.05, 0.1) is 0 Å². The minimum absolute atomic E-state index is 0.602. The number of aryl methyl sites for hydroxylation is 1. The maximum atomic E-state index is 5.89. The minimum atomic E-state index is 0.602. The average molecular weight is 256 g/mol. The van der Waals surface area contributed by atoms with Crippen LogP contribution in [0.4, 0.5) is 0 Å². The molecule has 0 aliphatic rings. The summed E-state index contributed by atoms with van der Waals surface area (Å²) in [5.41, 5.74) is 1.08. The van der Waals surface area contributed by atoms with Crippen LogP contribution in [0.1, 0.15) is 32.3 Å². The van der Waals surface area contributed by atoms with Gasteiger partial charge in [0.25, 0.3) is 0 Å². The van der Waals surface area contributed by atoms with Crippen LogP contribution in [0, 0.1) is 6.92 Å². The molecule has 0 heterocycles. The van der Waals surface area contributed by atoms with Gasteiger partial charge < -0.3 is 10.1 Å². The highest BCUT2D eigenvalue weighted by molar-refractivity contribution is 6.30. The molecule has 0 saturated heterocycles. The highest BCUT2D eigenvalue weighted by atomic mass is 35.5. The van der Waals surface area contributed by atoms with Crippen LogP contribution in [0.2, 0.25) is 5.02 Å². The van der Waals surface area contributed by atoms with Gasteiger partial charge in [-0.1, -0.05) is 25.4 Å². The number of hydrogen-bond donors (Lipinski definition) is 1. The molecular formula is C14H22ClNO. The van der Waals surface area contributed by atoms with E-state index in [1.54, 1.807) is 0 Å². The van der Waals surface area contributed by atoms with Gasteiger partial charge in [0.2, 0.25) is 0 Å². The first-order valence-corrected chi connectivity index (χ1v) is 6.67. The second kappa shape index (κ2) is 7.57. The van der Waals surface area contributed by atoms with Crippen LogP contribution >= 0.6 is 11.6 Å². The highest BCUT2D eigenvalue weighted by Gasteiger charge is 2.03. The zero-order valence-corrected chi connectivity index (χ0v) is 11.7. The van der Waals surface area contributed by atoms with Crippen molar-refractivity contribution < 1.29 is 4.74 Å². The molecule has 0 aliphatic carbocycles. The molecule has 0 radical (unpaired) electrons. The summed E-state index contributed by atoms with van der Waals surface area (Å²) in [5, 5.41) is 4.22. The predicted octanol–water partition coefficient (Wildman–Crippen LogP) is 3.81. The number of ether oxygens (including phenoxy) is 1. The molecule has 1 aromatic carbocycles. The molecule has 0 spiro atoms. The molecule has 0 unspecified atom stereocenters. The van der Waals surface area contributed by atoms with E-state index in [2.05, 4.69) is 19.2 Å². The number of rotatable bonds is 7. The lowest BCUT2D eigenvalue weighted by Gasteiger charge is -2.15. The third-order valence-electron chi connectivity index (χ3n) is 2.92. The number of nitrogens with one attached hydrogen (secondary N) is 1. The van der Waals surface area contributed by atoms with E-state index in [-0.39, 0.29) is 0 Å². The standard InChI is InChI=1S/C14H22ClNO/c1-4-13(5-2)16-8-9-17-14-7-6-12(15)10-11(14)3/h6-7,10,13,16H,4-5,8-9H2,1-3H3. The quantitative estimate of drug-likeness (QED) is 0.749. The summed E-state index contributed by atoms with van der Waals surface area (Å²) in [7, 11) is 0. The topological polar surface area (TPSA) is 21.3 Å². The Morgan fingerprint density at radius 1 is 1.29 bits per heavy atom. The van der Waals surface area contributed by atoms with E-state index in [1.165, 1.54) is 0 Å². The van der Waals surface area contributed by atoms with E-state index in [4.69, 9.17) is 16.3 Å². The van der Waals surface area contributed by atoms with Crippen LogP contribution in [0.15, 0.2) is 18.2 Å². The van der Waals surface area contributed by atoms with E-state index < -0.39 is 0 Å². The van der Waals surface area contributed by atoms with Gasteiger partial charge in [0.1, 0.15) is 12.4 Å². The fraction of sp³-hybridized carbons (Fsp3) is 0.571. The second-order valence-corrected chi connectivity index (χ2v) is 4.66. The van der Waals surface area contributed by atoms with Gasteiger partial charge >= 0.3 is 0 Å². The molecule has 17 heavy (non-hydrogen) atoms. The number of hydrogen-bond acceptors (Lipinski definition) is 2. The smallest absolute Gasteiger partial charge is 0.122 e. The Morgan fingerprint density at radius 2 is 2.00 bits per heavy atom. The first-order chi connectivity index (χ1) is 8.17. The van der Waals surface area contributed by atoms with E-state index in [0.29, 0.717) is 12.6 Å². The Morgan fingerprint density at radius 3 is 2.59 bits per heavy atom. The van der Waals surface area contributed by atoms with Crippen LogP contribution in [-0.2, 0) is 0 Å². The van der Waals surface area contributed by atoms with Gasteiger partial charge in [-0.15, -0.1) is 0 Å². The van der Waals surface area contributed by atoms with E-state index in [0.717, 1.165) is 35.7 Å². The Hall–Kier alpha value is -0.730. The summed E-state index contributed by atoms with van der Waals surface area (Å²) in [6, 6.07) is 6.31. The van der Waals surface area contributed by atoms with Gasteiger partial charge in [-0.3, -0.25) is 0 Å². The van der Waals surface area contributed by atoms with Gasteiger partial charge in [-0.05, 0) is 43.5 Å². The van der Waals surface area contributed by atoms with Crippen molar-refractivity contribution >= 4 is 11.6 Å². The Labute approximate surface area is 109 Å².